The fourth-order valence-corrected chi connectivity index (χ4v) is 4.13. The molecule has 0 saturated heterocycles. The number of amides is 2. The van der Waals surface area contributed by atoms with Crippen LogP contribution in [0.1, 0.15) is 65.0 Å². The van der Waals surface area contributed by atoms with Crippen molar-refractivity contribution in [2.45, 2.75) is 64.7 Å². The van der Waals surface area contributed by atoms with Crippen LogP contribution in [0.4, 0.5) is 0 Å². The maximum Gasteiger partial charge on any atom is 0.253 e. The number of methoxy groups -OCH3 is 1. The Morgan fingerprint density at radius 2 is 1.63 bits per heavy atom. The van der Waals surface area contributed by atoms with Gasteiger partial charge in [-0.25, -0.2) is 0 Å². The number of aliphatic hydroxyl groups is 2. The summed E-state index contributed by atoms with van der Waals surface area (Å²) in [5.41, 5.74) is 2.54. The van der Waals surface area contributed by atoms with E-state index in [1.54, 1.807) is 18.2 Å². The second-order valence-corrected chi connectivity index (χ2v) is 8.99. The van der Waals surface area contributed by atoms with E-state index < -0.39 is 24.2 Å². The summed E-state index contributed by atoms with van der Waals surface area (Å²) in [5.74, 6) is -0.499. The van der Waals surface area contributed by atoms with E-state index in [4.69, 9.17) is 4.74 Å². The first-order valence-corrected chi connectivity index (χ1v) is 12.4. The summed E-state index contributed by atoms with van der Waals surface area (Å²) in [6.07, 6.45) is 0.0492. The number of hydrogen-bond donors (Lipinski definition) is 3. The molecule has 0 aliphatic carbocycles. The standard InChI is InChI=1S/C28H40N2O5/c1-5-13-30(14-6-2)28(34)23-17-20(3)16-22(19-23)27(33)29-24(18-21-10-8-7-9-11-21)26(32)25(31)12-15-35-4/h7-11,16-17,19,24-26,31-32H,5-6,12-15,18H2,1-4H3,(H,29,33). The van der Waals surface area contributed by atoms with E-state index in [0.29, 0.717) is 37.2 Å². The summed E-state index contributed by atoms with van der Waals surface area (Å²) >= 11 is 0. The molecule has 2 rings (SSSR count). The molecule has 0 spiro atoms. The third-order valence-electron chi connectivity index (χ3n) is 5.90. The van der Waals surface area contributed by atoms with Crippen LogP contribution < -0.4 is 5.32 Å². The number of aryl methyl sites for hydroxylation is 1. The van der Waals surface area contributed by atoms with Crippen molar-refractivity contribution in [3.63, 3.8) is 0 Å². The molecule has 0 aromatic heterocycles. The van der Waals surface area contributed by atoms with Gasteiger partial charge in [-0.2, -0.15) is 0 Å². The molecule has 0 fully saturated rings. The number of carbonyl (C=O) groups excluding carboxylic acids is 2. The molecule has 35 heavy (non-hydrogen) atoms. The van der Waals surface area contributed by atoms with Crippen molar-refractivity contribution < 1.29 is 24.5 Å². The molecule has 0 aliphatic heterocycles. The lowest BCUT2D eigenvalue weighted by atomic mass is 9.95. The predicted molar refractivity (Wildman–Crippen MR) is 138 cm³/mol. The molecule has 2 aromatic carbocycles. The van der Waals surface area contributed by atoms with Crippen LogP contribution in [-0.2, 0) is 11.2 Å². The van der Waals surface area contributed by atoms with Crippen LogP contribution >= 0.6 is 0 Å². The summed E-state index contributed by atoms with van der Waals surface area (Å²) < 4.78 is 5.02. The van der Waals surface area contributed by atoms with Gasteiger partial charge in [-0.15, -0.1) is 0 Å². The van der Waals surface area contributed by atoms with Crippen LogP contribution in [-0.4, -0.2) is 72.0 Å². The Labute approximate surface area is 209 Å². The summed E-state index contributed by atoms with van der Waals surface area (Å²) in [4.78, 5) is 28.2. The van der Waals surface area contributed by atoms with E-state index in [2.05, 4.69) is 5.32 Å². The summed E-state index contributed by atoms with van der Waals surface area (Å²) in [6.45, 7) is 7.52. The van der Waals surface area contributed by atoms with E-state index in [9.17, 15) is 19.8 Å². The second kappa shape index (κ2) is 14.6. The fourth-order valence-electron chi connectivity index (χ4n) is 4.13. The first-order chi connectivity index (χ1) is 16.8. The Hall–Kier alpha value is -2.74. The molecule has 7 heteroatoms. The lowest BCUT2D eigenvalue weighted by Gasteiger charge is -2.28. The molecule has 3 atom stereocenters. The van der Waals surface area contributed by atoms with E-state index >= 15 is 0 Å². The highest BCUT2D eigenvalue weighted by Crippen LogP contribution is 2.16. The van der Waals surface area contributed by atoms with Crippen LogP contribution in [0, 0.1) is 6.92 Å². The minimum atomic E-state index is -1.19. The molecule has 2 aromatic rings. The van der Waals surface area contributed by atoms with Crippen molar-refractivity contribution >= 4 is 11.8 Å². The first-order valence-electron chi connectivity index (χ1n) is 12.4. The van der Waals surface area contributed by atoms with Gasteiger partial charge >= 0.3 is 0 Å². The topological polar surface area (TPSA) is 99.1 Å². The Balaban J connectivity index is 2.28. The fraction of sp³-hybridized carbons (Fsp3) is 0.500. The minimum absolute atomic E-state index is 0.0951. The molecule has 3 unspecified atom stereocenters. The van der Waals surface area contributed by atoms with Crippen molar-refractivity contribution in [3.05, 3.63) is 70.8 Å². The summed E-state index contributed by atoms with van der Waals surface area (Å²) in [5, 5.41) is 24.2. The van der Waals surface area contributed by atoms with Gasteiger partial charge in [-0.3, -0.25) is 9.59 Å². The lowest BCUT2D eigenvalue weighted by molar-refractivity contribution is -0.0177. The van der Waals surface area contributed by atoms with Crippen molar-refractivity contribution in [2.75, 3.05) is 26.8 Å². The first kappa shape index (κ1) is 28.5. The zero-order valence-corrected chi connectivity index (χ0v) is 21.4. The van der Waals surface area contributed by atoms with Crippen molar-refractivity contribution in [1.82, 2.24) is 10.2 Å². The molecular formula is C28H40N2O5. The van der Waals surface area contributed by atoms with Crippen LogP contribution in [0.2, 0.25) is 0 Å². The average molecular weight is 485 g/mol. The van der Waals surface area contributed by atoms with E-state index in [1.807, 2.05) is 56.0 Å². The van der Waals surface area contributed by atoms with Crippen LogP contribution in [0.25, 0.3) is 0 Å². The SMILES string of the molecule is CCCN(CCC)C(=O)c1cc(C)cc(C(=O)NC(Cc2ccccc2)C(O)C(O)CCOC)c1. The highest BCUT2D eigenvalue weighted by molar-refractivity contribution is 6.00. The van der Waals surface area contributed by atoms with E-state index in [0.717, 1.165) is 24.0 Å². The van der Waals surface area contributed by atoms with Gasteiger partial charge in [0.15, 0.2) is 0 Å². The Kier molecular flexibility index (Phi) is 11.9. The van der Waals surface area contributed by atoms with Gasteiger partial charge < -0.3 is 25.2 Å². The number of carbonyl (C=O) groups is 2. The molecule has 0 heterocycles. The van der Waals surface area contributed by atoms with Gasteiger partial charge in [0.25, 0.3) is 11.8 Å². The maximum absolute atomic E-state index is 13.3. The number of nitrogens with zero attached hydrogens (tertiary/aromatic N) is 1. The largest absolute Gasteiger partial charge is 0.390 e. The van der Waals surface area contributed by atoms with Gasteiger partial charge in [0.05, 0.1) is 12.1 Å². The normalized spacial score (nSPS) is 13.7. The molecule has 0 saturated carbocycles. The zero-order valence-electron chi connectivity index (χ0n) is 21.4. The molecule has 7 nitrogen and oxygen atoms in total. The average Bonchev–Trinajstić information content (AvgIpc) is 2.86. The highest BCUT2D eigenvalue weighted by atomic mass is 16.5. The molecule has 2 amide bonds. The van der Waals surface area contributed by atoms with Gasteiger partial charge in [0.1, 0.15) is 6.10 Å². The number of benzene rings is 2. The molecule has 0 bridgehead atoms. The molecule has 0 aliphatic rings. The number of hydrogen-bond acceptors (Lipinski definition) is 5. The third kappa shape index (κ3) is 8.76. The summed E-state index contributed by atoms with van der Waals surface area (Å²) in [7, 11) is 1.53. The van der Waals surface area contributed by atoms with Gasteiger partial charge in [0, 0.05) is 37.9 Å². The maximum atomic E-state index is 13.3. The number of aliphatic hydroxyl groups excluding tert-OH is 2. The van der Waals surface area contributed by atoms with Crippen LogP contribution in [0.15, 0.2) is 48.5 Å². The monoisotopic (exact) mass is 484 g/mol. The van der Waals surface area contributed by atoms with E-state index in [-0.39, 0.29) is 12.3 Å². The number of ether oxygens (including phenoxy) is 1. The zero-order chi connectivity index (χ0) is 25.8. The van der Waals surface area contributed by atoms with Crippen LogP contribution in [0.5, 0.6) is 0 Å². The second-order valence-electron chi connectivity index (χ2n) is 8.99. The molecule has 0 radical (unpaired) electrons. The predicted octanol–water partition coefficient (Wildman–Crippen LogP) is 3.36. The Morgan fingerprint density at radius 3 is 2.23 bits per heavy atom. The van der Waals surface area contributed by atoms with E-state index in [1.165, 1.54) is 7.11 Å². The molecule has 3 N–H and O–H groups in total. The van der Waals surface area contributed by atoms with Crippen molar-refractivity contribution in [3.8, 4) is 0 Å². The Bertz CT molecular complexity index is 928. The number of nitrogens with one attached hydrogen (secondary N) is 1. The minimum Gasteiger partial charge on any atom is -0.390 e. The van der Waals surface area contributed by atoms with Gasteiger partial charge in [0.2, 0.25) is 0 Å². The smallest absolute Gasteiger partial charge is 0.253 e. The molecular weight excluding hydrogens is 444 g/mol. The highest BCUT2D eigenvalue weighted by Gasteiger charge is 2.28. The quantitative estimate of drug-likeness (QED) is 0.382. The van der Waals surface area contributed by atoms with Crippen LogP contribution in [0.3, 0.4) is 0 Å². The van der Waals surface area contributed by atoms with Gasteiger partial charge in [-0.05, 0) is 61.9 Å². The van der Waals surface area contributed by atoms with Gasteiger partial charge in [-0.1, -0.05) is 44.2 Å². The molecule has 192 valence electrons. The Morgan fingerprint density at radius 1 is 1.00 bits per heavy atom. The third-order valence-corrected chi connectivity index (χ3v) is 5.90. The lowest BCUT2D eigenvalue weighted by Crippen LogP contribution is -2.50. The number of rotatable bonds is 14. The summed E-state index contributed by atoms with van der Waals surface area (Å²) in [6, 6.07) is 13.9. The van der Waals surface area contributed by atoms with Crippen molar-refractivity contribution in [2.24, 2.45) is 0 Å². The van der Waals surface area contributed by atoms with Crippen molar-refractivity contribution in [1.29, 1.82) is 0 Å².